The van der Waals surface area contributed by atoms with Gasteiger partial charge in [0.2, 0.25) is 0 Å². The molecule has 0 spiro atoms. The first kappa shape index (κ1) is 13.5. The molecule has 3 fully saturated rings. The fraction of sp³-hybridized carbons (Fsp3) is 1.00. The van der Waals surface area contributed by atoms with Crippen LogP contribution in [0.15, 0.2) is 0 Å². The number of hydrogen-bond acceptors (Lipinski definition) is 3. The second-order valence-electron chi connectivity index (χ2n) is 5.09. The Bertz CT molecular complexity index is 360. The minimum atomic E-state index is -3.21. The highest BCUT2D eigenvalue weighted by Gasteiger charge is 2.54. The Morgan fingerprint density at radius 3 is 2.24 bits per heavy atom. The standard InChI is InChI=1S/C10H19N3O2S.ClH/c14-16(15,13-4-2-1-3-5-13)12-10-8-6-11-7-9(8)10;/h8-12H,1-7H2;1H. The molecule has 2 heterocycles. The number of piperidine rings is 2. The van der Waals surface area contributed by atoms with Crippen molar-refractivity contribution in [2.24, 2.45) is 11.8 Å². The average molecular weight is 282 g/mol. The number of halogens is 1. The quantitative estimate of drug-likeness (QED) is 0.762. The van der Waals surface area contributed by atoms with Crippen LogP contribution in [0.1, 0.15) is 19.3 Å². The van der Waals surface area contributed by atoms with Gasteiger partial charge in [-0.1, -0.05) is 6.42 Å². The minimum Gasteiger partial charge on any atom is -0.316 e. The summed E-state index contributed by atoms with van der Waals surface area (Å²) in [6.07, 6.45) is 3.16. The van der Waals surface area contributed by atoms with E-state index in [1.54, 1.807) is 4.31 Å². The predicted octanol–water partition coefficient (Wildman–Crippen LogP) is -0.0537. The molecule has 0 aromatic carbocycles. The topological polar surface area (TPSA) is 61.4 Å². The molecule has 0 radical (unpaired) electrons. The van der Waals surface area contributed by atoms with E-state index in [2.05, 4.69) is 10.0 Å². The Morgan fingerprint density at radius 2 is 1.65 bits per heavy atom. The number of rotatable bonds is 3. The van der Waals surface area contributed by atoms with Crippen LogP contribution in [0.2, 0.25) is 0 Å². The highest BCUT2D eigenvalue weighted by molar-refractivity contribution is 7.87. The molecule has 3 rings (SSSR count). The zero-order chi connectivity index (χ0) is 11.2. The molecule has 0 aromatic rings. The fourth-order valence-electron chi connectivity index (χ4n) is 2.94. The molecule has 17 heavy (non-hydrogen) atoms. The van der Waals surface area contributed by atoms with Gasteiger partial charge in [0.15, 0.2) is 0 Å². The second kappa shape index (κ2) is 5.01. The summed E-state index contributed by atoms with van der Waals surface area (Å²) >= 11 is 0. The molecule has 5 nitrogen and oxygen atoms in total. The van der Waals surface area contributed by atoms with Gasteiger partial charge in [-0.25, -0.2) is 0 Å². The van der Waals surface area contributed by atoms with Gasteiger partial charge >= 0.3 is 0 Å². The molecule has 0 amide bonds. The number of hydrogen-bond donors (Lipinski definition) is 2. The summed E-state index contributed by atoms with van der Waals surface area (Å²) in [5.74, 6) is 1.08. The molecule has 100 valence electrons. The molecule has 7 heteroatoms. The number of nitrogens with zero attached hydrogens (tertiary/aromatic N) is 1. The Kier molecular flexibility index (Phi) is 3.99. The van der Waals surface area contributed by atoms with Gasteiger partial charge in [-0.2, -0.15) is 17.4 Å². The lowest BCUT2D eigenvalue weighted by Gasteiger charge is -2.26. The summed E-state index contributed by atoms with van der Waals surface area (Å²) in [7, 11) is -3.21. The first-order valence-corrected chi connectivity index (χ1v) is 7.60. The van der Waals surface area contributed by atoms with Gasteiger partial charge in [0.05, 0.1) is 0 Å². The van der Waals surface area contributed by atoms with Crippen molar-refractivity contribution in [1.82, 2.24) is 14.3 Å². The highest BCUT2D eigenvalue weighted by atomic mass is 35.5. The first-order valence-electron chi connectivity index (χ1n) is 6.16. The summed E-state index contributed by atoms with van der Waals surface area (Å²) in [6.45, 7) is 3.32. The molecule has 2 atom stereocenters. The fourth-order valence-corrected chi connectivity index (χ4v) is 4.53. The summed E-state index contributed by atoms with van der Waals surface area (Å²) in [5, 5.41) is 3.27. The summed E-state index contributed by atoms with van der Waals surface area (Å²) in [5.41, 5.74) is 0. The molecule has 2 N–H and O–H groups in total. The molecule has 0 bridgehead atoms. The van der Waals surface area contributed by atoms with E-state index in [-0.39, 0.29) is 18.4 Å². The van der Waals surface area contributed by atoms with Gasteiger partial charge in [-0.15, -0.1) is 12.4 Å². The maximum atomic E-state index is 12.1. The van der Waals surface area contributed by atoms with Gasteiger partial charge in [-0.3, -0.25) is 0 Å². The van der Waals surface area contributed by atoms with E-state index in [0.717, 1.165) is 32.4 Å². The van der Waals surface area contributed by atoms with E-state index >= 15 is 0 Å². The average Bonchev–Trinajstić information content (AvgIpc) is 2.76. The first-order chi connectivity index (χ1) is 7.68. The van der Waals surface area contributed by atoms with Gasteiger partial charge in [0.1, 0.15) is 0 Å². The van der Waals surface area contributed by atoms with E-state index in [9.17, 15) is 8.42 Å². The Morgan fingerprint density at radius 1 is 1.06 bits per heavy atom. The van der Waals surface area contributed by atoms with Crippen molar-refractivity contribution in [3.63, 3.8) is 0 Å². The van der Waals surface area contributed by atoms with E-state index in [1.807, 2.05) is 0 Å². The van der Waals surface area contributed by atoms with Crippen LogP contribution in [0.25, 0.3) is 0 Å². The molecular weight excluding hydrogens is 262 g/mol. The lowest BCUT2D eigenvalue weighted by atomic mass is 10.2. The van der Waals surface area contributed by atoms with Gasteiger partial charge in [0.25, 0.3) is 10.2 Å². The molecule has 1 saturated carbocycles. The van der Waals surface area contributed by atoms with E-state index < -0.39 is 10.2 Å². The Balaban J connectivity index is 0.00000108. The number of fused-ring (bicyclic) bond motifs is 1. The van der Waals surface area contributed by atoms with Gasteiger partial charge < -0.3 is 5.32 Å². The summed E-state index contributed by atoms with van der Waals surface area (Å²) in [6, 6.07) is 0.202. The van der Waals surface area contributed by atoms with Crippen molar-refractivity contribution in [3.05, 3.63) is 0 Å². The van der Waals surface area contributed by atoms with Crippen LogP contribution >= 0.6 is 12.4 Å². The van der Waals surface area contributed by atoms with Crippen LogP contribution in [0, 0.1) is 11.8 Å². The maximum Gasteiger partial charge on any atom is 0.279 e. The predicted molar refractivity (Wildman–Crippen MR) is 68.4 cm³/mol. The molecule has 1 aliphatic carbocycles. The van der Waals surface area contributed by atoms with Crippen LogP contribution < -0.4 is 10.0 Å². The molecule has 3 aliphatic rings. The van der Waals surface area contributed by atoms with Crippen LogP contribution in [0.3, 0.4) is 0 Å². The largest absolute Gasteiger partial charge is 0.316 e. The van der Waals surface area contributed by atoms with Crippen LogP contribution in [0.5, 0.6) is 0 Å². The molecule has 2 aliphatic heterocycles. The van der Waals surface area contributed by atoms with Crippen molar-refractivity contribution in [2.75, 3.05) is 26.2 Å². The maximum absolute atomic E-state index is 12.1. The lowest BCUT2D eigenvalue weighted by molar-refractivity contribution is 0.340. The summed E-state index contributed by atoms with van der Waals surface area (Å²) in [4.78, 5) is 0. The van der Waals surface area contributed by atoms with Crippen molar-refractivity contribution in [1.29, 1.82) is 0 Å². The summed E-state index contributed by atoms with van der Waals surface area (Å²) < 4.78 is 28.6. The van der Waals surface area contributed by atoms with Gasteiger partial charge in [-0.05, 0) is 37.8 Å². The molecule has 2 unspecified atom stereocenters. The third-order valence-corrected chi connectivity index (χ3v) is 5.65. The van der Waals surface area contributed by atoms with Crippen molar-refractivity contribution in [3.8, 4) is 0 Å². The Labute approximate surface area is 109 Å². The lowest BCUT2D eigenvalue weighted by Crippen LogP contribution is -2.45. The third-order valence-electron chi connectivity index (χ3n) is 4.03. The van der Waals surface area contributed by atoms with Crippen molar-refractivity contribution < 1.29 is 8.42 Å². The van der Waals surface area contributed by atoms with E-state index in [0.29, 0.717) is 24.9 Å². The SMILES string of the molecule is Cl.O=S(=O)(NC1C2CNCC21)N1CCCCC1. The van der Waals surface area contributed by atoms with E-state index in [1.165, 1.54) is 0 Å². The van der Waals surface area contributed by atoms with Crippen LogP contribution in [0.4, 0.5) is 0 Å². The normalized spacial score (nSPS) is 37.3. The molecule has 0 aromatic heterocycles. The monoisotopic (exact) mass is 281 g/mol. The smallest absolute Gasteiger partial charge is 0.279 e. The Hall–Kier alpha value is 0.120. The minimum absolute atomic E-state index is 0. The molecule has 2 saturated heterocycles. The van der Waals surface area contributed by atoms with Crippen LogP contribution in [-0.2, 0) is 10.2 Å². The van der Waals surface area contributed by atoms with Gasteiger partial charge in [0, 0.05) is 19.1 Å². The molecular formula is C10H20ClN3O2S. The second-order valence-corrected chi connectivity index (χ2v) is 6.80. The van der Waals surface area contributed by atoms with E-state index in [4.69, 9.17) is 0 Å². The zero-order valence-corrected chi connectivity index (χ0v) is 11.4. The highest BCUT2D eigenvalue weighted by Crippen LogP contribution is 2.42. The number of nitrogens with one attached hydrogen (secondary N) is 2. The third kappa shape index (κ3) is 2.61. The van der Waals surface area contributed by atoms with Crippen molar-refractivity contribution in [2.45, 2.75) is 25.3 Å². The van der Waals surface area contributed by atoms with Crippen LogP contribution in [-0.4, -0.2) is 44.9 Å². The van der Waals surface area contributed by atoms with Crippen molar-refractivity contribution >= 4 is 22.6 Å². The zero-order valence-electron chi connectivity index (χ0n) is 9.76.